The van der Waals surface area contributed by atoms with Crippen molar-refractivity contribution in [1.29, 1.82) is 0 Å². The van der Waals surface area contributed by atoms with E-state index in [0.29, 0.717) is 24.3 Å². The zero-order valence-corrected chi connectivity index (χ0v) is 18.3. The smallest absolute Gasteiger partial charge is 0.258 e. The molecule has 0 spiro atoms. The molecule has 5 rings (SSSR count). The third-order valence-electron chi connectivity index (χ3n) is 6.05. The van der Waals surface area contributed by atoms with Crippen LogP contribution in [-0.2, 0) is 11.3 Å². The van der Waals surface area contributed by atoms with Gasteiger partial charge >= 0.3 is 0 Å². The first-order valence-corrected chi connectivity index (χ1v) is 10.9. The number of para-hydroxylation sites is 2. The van der Waals surface area contributed by atoms with Gasteiger partial charge in [-0.2, -0.15) is 0 Å². The summed E-state index contributed by atoms with van der Waals surface area (Å²) in [6, 6.07) is 11.9. The number of amides is 2. The lowest BCUT2D eigenvalue weighted by atomic mass is 10.1. The van der Waals surface area contributed by atoms with Gasteiger partial charge in [0.25, 0.3) is 5.91 Å². The number of benzene rings is 2. The number of hydrazine groups is 1. The monoisotopic (exact) mass is 455 g/mol. The van der Waals surface area contributed by atoms with Crippen molar-refractivity contribution in [3.05, 3.63) is 70.8 Å². The molecular formula is C23H23ClFN5O2. The van der Waals surface area contributed by atoms with Gasteiger partial charge in [-0.1, -0.05) is 18.2 Å². The van der Waals surface area contributed by atoms with Crippen LogP contribution in [0, 0.1) is 11.7 Å². The maximum atomic E-state index is 14.8. The molecule has 1 fully saturated rings. The van der Waals surface area contributed by atoms with Gasteiger partial charge in [-0.15, -0.1) is 4.53 Å². The molecule has 2 aliphatic heterocycles. The number of fused-ring (bicyclic) bond motifs is 1. The van der Waals surface area contributed by atoms with Gasteiger partial charge in [-0.3, -0.25) is 14.6 Å². The normalized spacial score (nSPS) is 18.1. The minimum absolute atomic E-state index is 0.0443. The summed E-state index contributed by atoms with van der Waals surface area (Å²) < 4.78 is 16.3. The highest BCUT2D eigenvalue weighted by Gasteiger charge is 2.34. The molecule has 1 aliphatic carbocycles. The summed E-state index contributed by atoms with van der Waals surface area (Å²) in [5.41, 5.74) is 3.03. The van der Waals surface area contributed by atoms with Gasteiger partial charge in [-0.05, 0) is 37.1 Å². The first kappa shape index (κ1) is 20.8. The minimum Gasteiger partial charge on any atom is -0.352 e. The Bertz CT molecular complexity index is 1130. The molecule has 0 radical (unpaired) electrons. The van der Waals surface area contributed by atoms with E-state index in [0.717, 1.165) is 29.9 Å². The van der Waals surface area contributed by atoms with Crippen LogP contribution in [0.15, 0.2) is 53.9 Å². The number of nitrogens with zero attached hydrogens (tertiary/aromatic N) is 3. The van der Waals surface area contributed by atoms with Crippen molar-refractivity contribution in [2.75, 3.05) is 30.4 Å². The third-order valence-corrected chi connectivity index (χ3v) is 6.39. The van der Waals surface area contributed by atoms with Crippen molar-refractivity contribution in [2.45, 2.75) is 19.4 Å². The van der Waals surface area contributed by atoms with Crippen molar-refractivity contribution in [2.24, 2.45) is 5.92 Å². The van der Waals surface area contributed by atoms with E-state index in [1.165, 1.54) is 6.07 Å². The highest BCUT2D eigenvalue weighted by Crippen LogP contribution is 2.36. The predicted molar refractivity (Wildman–Crippen MR) is 120 cm³/mol. The van der Waals surface area contributed by atoms with Crippen molar-refractivity contribution in [1.82, 2.24) is 14.9 Å². The standard InChI is InChI=1S/C23H23ClFN5O2/c1-28-21-17(13-30(28)24)12-29(20-5-3-2-4-19(20)27-21)23(32)15-8-9-16(18(25)10-15)11-26-22(31)14-6-7-14/h2-5,8-10,14,27H,6-7,11-13H2,1H3,(H,26,31). The fraction of sp³-hybridized carbons (Fsp3) is 0.304. The Hall–Kier alpha value is -3.10. The Kier molecular flexibility index (Phi) is 5.27. The lowest BCUT2D eigenvalue weighted by Gasteiger charge is -2.26. The van der Waals surface area contributed by atoms with Gasteiger partial charge in [-0.25, -0.2) is 4.39 Å². The van der Waals surface area contributed by atoms with E-state index in [-0.39, 0.29) is 29.8 Å². The van der Waals surface area contributed by atoms with Crippen LogP contribution in [0.5, 0.6) is 0 Å². The van der Waals surface area contributed by atoms with Crippen LogP contribution in [0.2, 0.25) is 0 Å². The molecular weight excluding hydrogens is 433 g/mol. The summed E-state index contributed by atoms with van der Waals surface area (Å²) in [6.45, 7) is 0.902. The number of nitrogens with one attached hydrogen (secondary N) is 2. The Morgan fingerprint density at radius 3 is 2.72 bits per heavy atom. The van der Waals surface area contributed by atoms with Crippen LogP contribution in [0.25, 0.3) is 0 Å². The minimum atomic E-state index is -0.513. The molecule has 3 aliphatic rings. The van der Waals surface area contributed by atoms with Crippen LogP contribution in [0.1, 0.15) is 28.8 Å². The van der Waals surface area contributed by atoms with Gasteiger partial charge in [0.2, 0.25) is 5.91 Å². The first-order valence-electron chi connectivity index (χ1n) is 10.6. The molecule has 1 saturated carbocycles. The number of anilines is 2. The van der Waals surface area contributed by atoms with E-state index in [4.69, 9.17) is 11.8 Å². The van der Waals surface area contributed by atoms with Gasteiger partial charge in [0.05, 0.1) is 24.5 Å². The summed E-state index contributed by atoms with van der Waals surface area (Å²) in [6.07, 6.45) is 1.78. The molecule has 2 amide bonds. The molecule has 32 heavy (non-hydrogen) atoms. The largest absolute Gasteiger partial charge is 0.352 e. The van der Waals surface area contributed by atoms with E-state index in [1.54, 1.807) is 26.6 Å². The first-order chi connectivity index (χ1) is 15.4. The van der Waals surface area contributed by atoms with E-state index in [2.05, 4.69) is 10.6 Å². The number of hydrogen-bond acceptors (Lipinski definition) is 5. The third kappa shape index (κ3) is 3.80. The number of hydrogen-bond donors (Lipinski definition) is 2. The quantitative estimate of drug-likeness (QED) is 0.691. The molecule has 0 atom stereocenters. The molecule has 2 heterocycles. The summed E-state index contributed by atoms with van der Waals surface area (Å²) >= 11 is 6.27. The van der Waals surface area contributed by atoms with Crippen LogP contribution < -0.4 is 15.5 Å². The summed E-state index contributed by atoms with van der Waals surface area (Å²) in [7, 11) is 1.85. The SMILES string of the molecule is CN1C2=C(CN(C(=O)c3ccc(CNC(=O)C4CC4)c(F)c3)c3ccccc3N2)CN1Cl. The topological polar surface area (TPSA) is 67.9 Å². The maximum Gasteiger partial charge on any atom is 0.258 e. The summed E-state index contributed by atoms with van der Waals surface area (Å²) in [4.78, 5) is 26.9. The molecule has 2 N–H and O–H groups in total. The molecule has 0 unspecified atom stereocenters. The average molecular weight is 456 g/mol. The number of carbonyl (C=O) groups excluding carboxylic acids is 2. The van der Waals surface area contributed by atoms with Gasteiger partial charge in [0, 0.05) is 48.0 Å². The molecule has 0 aromatic heterocycles. The van der Waals surface area contributed by atoms with Crippen LogP contribution in [0.4, 0.5) is 15.8 Å². The molecule has 0 bridgehead atoms. The highest BCUT2D eigenvalue weighted by atomic mass is 35.5. The van der Waals surface area contributed by atoms with E-state index >= 15 is 0 Å². The highest BCUT2D eigenvalue weighted by molar-refractivity contribution is 6.13. The molecule has 2 aromatic carbocycles. The van der Waals surface area contributed by atoms with Crippen molar-refractivity contribution in [3.63, 3.8) is 0 Å². The van der Waals surface area contributed by atoms with Crippen molar-refractivity contribution >= 4 is 35.0 Å². The second kappa shape index (κ2) is 8.11. The second-order valence-corrected chi connectivity index (χ2v) is 8.69. The van der Waals surface area contributed by atoms with Crippen LogP contribution in [-0.4, -0.2) is 41.5 Å². The van der Waals surface area contributed by atoms with Gasteiger partial charge < -0.3 is 15.5 Å². The Morgan fingerprint density at radius 2 is 1.97 bits per heavy atom. The van der Waals surface area contributed by atoms with Crippen molar-refractivity contribution in [3.8, 4) is 0 Å². The number of rotatable bonds is 4. The van der Waals surface area contributed by atoms with E-state index in [9.17, 15) is 14.0 Å². The lowest BCUT2D eigenvalue weighted by Crippen LogP contribution is -2.34. The van der Waals surface area contributed by atoms with Crippen molar-refractivity contribution < 1.29 is 14.0 Å². The number of halogens is 2. The van der Waals surface area contributed by atoms with E-state index < -0.39 is 5.82 Å². The Labute approximate surface area is 190 Å². The Morgan fingerprint density at radius 1 is 1.19 bits per heavy atom. The fourth-order valence-corrected chi connectivity index (χ4v) is 4.24. The molecule has 2 aromatic rings. The summed E-state index contributed by atoms with van der Waals surface area (Å²) in [5.74, 6) is 0.0259. The lowest BCUT2D eigenvalue weighted by molar-refractivity contribution is -0.122. The fourth-order valence-electron chi connectivity index (χ4n) is 4.02. The summed E-state index contributed by atoms with van der Waals surface area (Å²) in [5, 5.41) is 7.93. The maximum absolute atomic E-state index is 14.8. The van der Waals surface area contributed by atoms with Crippen LogP contribution in [0.3, 0.4) is 0 Å². The van der Waals surface area contributed by atoms with Gasteiger partial charge in [0.1, 0.15) is 11.6 Å². The zero-order valence-electron chi connectivity index (χ0n) is 17.6. The molecule has 9 heteroatoms. The predicted octanol–water partition coefficient (Wildman–Crippen LogP) is 3.45. The second-order valence-electron chi connectivity index (χ2n) is 8.30. The molecule has 7 nitrogen and oxygen atoms in total. The molecule has 166 valence electrons. The number of carbonyl (C=O) groups is 2. The molecule has 0 saturated heterocycles. The van der Waals surface area contributed by atoms with E-state index in [1.807, 2.05) is 31.3 Å². The zero-order chi connectivity index (χ0) is 22.4. The average Bonchev–Trinajstić information content (AvgIpc) is 3.61. The van der Waals surface area contributed by atoms with Crippen LogP contribution >= 0.6 is 11.8 Å². The Balaban J connectivity index is 1.41. The van der Waals surface area contributed by atoms with Gasteiger partial charge in [0.15, 0.2) is 0 Å².